The van der Waals surface area contributed by atoms with Crippen LogP contribution in [0.2, 0.25) is 5.02 Å². The molecule has 28 heavy (non-hydrogen) atoms. The van der Waals surface area contributed by atoms with Gasteiger partial charge in [-0.1, -0.05) is 23.7 Å². The van der Waals surface area contributed by atoms with Crippen molar-refractivity contribution in [1.29, 1.82) is 5.26 Å². The van der Waals surface area contributed by atoms with Gasteiger partial charge in [0, 0.05) is 33.7 Å². The van der Waals surface area contributed by atoms with Crippen LogP contribution in [0.25, 0.3) is 22.3 Å². The number of fused-ring (bicyclic) bond motifs is 1. The van der Waals surface area contributed by atoms with Gasteiger partial charge in [0.25, 0.3) is 0 Å². The van der Waals surface area contributed by atoms with E-state index in [0.29, 0.717) is 34.0 Å². The highest BCUT2D eigenvalue weighted by Gasteiger charge is 2.25. The van der Waals surface area contributed by atoms with E-state index in [2.05, 4.69) is 26.6 Å². The summed E-state index contributed by atoms with van der Waals surface area (Å²) >= 11 is 6.20. The van der Waals surface area contributed by atoms with Crippen molar-refractivity contribution in [2.75, 3.05) is 5.32 Å². The van der Waals surface area contributed by atoms with Crippen LogP contribution in [0.3, 0.4) is 0 Å². The summed E-state index contributed by atoms with van der Waals surface area (Å²) in [6.45, 7) is 0. The zero-order valence-corrected chi connectivity index (χ0v) is 15.5. The van der Waals surface area contributed by atoms with Crippen LogP contribution in [0.1, 0.15) is 30.0 Å². The predicted molar refractivity (Wildman–Crippen MR) is 109 cm³/mol. The number of aromatic amines is 1. The molecule has 0 bridgehead atoms. The van der Waals surface area contributed by atoms with Crippen molar-refractivity contribution in [3.8, 4) is 17.5 Å². The van der Waals surface area contributed by atoms with Gasteiger partial charge in [-0.15, -0.1) is 0 Å². The SMILES string of the molecule is N#Cc1cccc(-c2nc(Nc3cc(C4CC4)[nH]n3)c3cc(Cl)ccc3n2)c1. The van der Waals surface area contributed by atoms with Gasteiger partial charge >= 0.3 is 0 Å². The lowest BCUT2D eigenvalue weighted by Gasteiger charge is -2.10. The highest BCUT2D eigenvalue weighted by Crippen LogP contribution is 2.40. The van der Waals surface area contributed by atoms with E-state index in [1.54, 1.807) is 18.2 Å². The average Bonchev–Trinajstić information content (AvgIpc) is 3.47. The van der Waals surface area contributed by atoms with Crippen molar-refractivity contribution in [3.05, 3.63) is 64.8 Å². The smallest absolute Gasteiger partial charge is 0.162 e. The van der Waals surface area contributed by atoms with Crippen molar-refractivity contribution >= 4 is 34.1 Å². The molecule has 0 aliphatic heterocycles. The second-order valence-corrected chi connectivity index (χ2v) is 7.29. The van der Waals surface area contributed by atoms with E-state index in [4.69, 9.17) is 16.6 Å². The summed E-state index contributed by atoms with van der Waals surface area (Å²) in [4.78, 5) is 9.37. The Hall–Kier alpha value is -3.43. The fourth-order valence-electron chi connectivity index (χ4n) is 3.18. The lowest BCUT2D eigenvalue weighted by atomic mass is 10.1. The molecule has 1 aliphatic carbocycles. The van der Waals surface area contributed by atoms with Crippen LogP contribution < -0.4 is 5.32 Å². The molecule has 5 rings (SSSR count). The van der Waals surface area contributed by atoms with E-state index >= 15 is 0 Å². The number of hydrogen-bond donors (Lipinski definition) is 2. The number of hydrogen-bond acceptors (Lipinski definition) is 5. The Morgan fingerprint density at radius 3 is 2.82 bits per heavy atom. The number of aromatic nitrogens is 4. The van der Waals surface area contributed by atoms with Gasteiger partial charge in [0.15, 0.2) is 11.6 Å². The third-order valence-electron chi connectivity index (χ3n) is 4.77. The Kier molecular flexibility index (Phi) is 3.96. The van der Waals surface area contributed by atoms with E-state index in [1.165, 1.54) is 12.8 Å². The molecule has 0 spiro atoms. The minimum atomic E-state index is 0.535. The lowest BCUT2D eigenvalue weighted by molar-refractivity contribution is 0.966. The molecule has 6 nitrogen and oxygen atoms in total. The van der Waals surface area contributed by atoms with Crippen LogP contribution in [-0.4, -0.2) is 20.2 Å². The minimum absolute atomic E-state index is 0.535. The van der Waals surface area contributed by atoms with Crippen molar-refractivity contribution in [2.45, 2.75) is 18.8 Å². The Labute approximate surface area is 166 Å². The van der Waals surface area contributed by atoms with Gasteiger partial charge in [-0.05, 0) is 43.2 Å². The molecule has 7 heteroatoms. The molecule has 1 saturated carbocycles. The van der Waals surface area contributed by atoms with Gasteiger partial charge in [0.05, 0.1) is 17.1 Å². The summed E-state index contributed by atoms with van der Waals surface area (Å²) in [7, 11) is 0. The first-order valence-corrected chi connectivity index (χ1v) is 9.37. The molecular formula is C21H15ClN6. The second kappa shape index (κ2) is 6.63. The summed E-state index contributed by atoms with van der Waals surface area (Å²) < 4.78 is 0. The first-order chi connectivity index (χ1) is 13.7. The third kappa shape index (κ3) is 3.17. The molecule has 0 unspecified atom stereocenters. The lowest BCUT2D eigenvalue weighted by Crippen LogP contribution is -2.00. The summed E-state index contributed by atoms with van der Waals surface area (Å²) in [6.07, 6.45) is 2.40. The molecule has 4 aromatic rings. The molecule has 0 atom stereocenters. The third-order valence-corrected chi connectivity index (χ3v) is 5.00. The Balaban J connectivity index is 1.62. The monoisotopic (exact) mass is 386 g/mol. The van der Waals surface area contributed by atoms with Crippen LogP contribution >= 0.6 is 11.6 Å². The first kappa shape index (κ1) is 16.7. The largest absolute Gasteiger partial charge is 0.323 e. The molecule has 0 amide bonds. The highest BCUT2D eigenvalue weighted by molar-refractivity contribution is 6.31. The van der Waals surface area contributed by atoms with Crippen molar-refractivity contribution < 1.29 is 0 Å². The number of nitrogens with one attached hydrogen (secondary N) is 2. The molecule has 2 N–H and O–H groups in total. The van der Waals surface area contributed by atoms with Gasteiger partial charge in [-0.2, -0.15) is 10.4 Å². The van der Waals surface area contributed by atoms with Crippen molar-refractivity contribution in [3.63, 3.8) is 0 Å². The maximum absolute atomic E-state index is 9.18. The number of anilines is 2. The number of halogens is 1. The normalized spacial score (nSPS) is 13.4. The van der Waals surface area contributed by atoms with Crippen LogP contribution in [0, 0.1) is 11.3 Å². The Bertz CT molecular complexity index is 1240. The van der Waals surface area contributed by atoms with Crippen LogP contribution in [-0.2, 0) is 0 Å². The standard InChI is InChI=1S/C21H15ClN6/c22-15-6-7-17-16(9-15)21(25-19-10-18(27-28-19)13-4-5-13)26-20(24-17)14-3-1-2-12(8-14)11-23/h1-3,6-10,13H,4-5H2,(H2,24,25,26,27,28). The topological polar surface area (TPSA) is 90.3 Å². The summed E-state index contributed by atoms with van der Waals surface area (Å²) in [6, 6.07) is 16.9. The predicted octanol–water partition coefficient (Wildman–Crippen LogP) is 5.17. The fourth-order valence-corrected chi connectivity index (χ4v) is 3.35. The molecule has 2 heterocycles. The maximum atomic E-state index is 9.18. The van der Waals surface area contributed by atoms with Gasteiger partial charge in [0.2, 0.25) is 0 Å². The summed E-state index contributed by atoms with van der Waals surface area (Å²) in [5.41, 5.74) is 3.24. The van der Waals surface area contributed by atoms with Gasteiger partial charge in [-0.3, -0.25) is 5.10 Å². The second-order valence-electron chi connectivity index (χ2n) is 6.86. The Morgan fingerprint density at radius 1 is 1.11 bits per heavy atom. The molecule has 1 fully saturated rings. The molecule has 1 aliphatic rings. The number of nitrogens with zero attached hydrogens (tertiary/aromatic N) is 4. The number of benzene rings is 2. The van der Waals surface area contributed by atoms with E-state index in [1.807, 2.05) is 30.3 Å². The molecule has 2 aromatic carbocycles. The molecule has 136 valence electrons. The van der Waals surface area contributed by atoms with E-state index in [9.17, 15) is 5.26 Å². The van der Waals surface area contributed by atoms with Crippen molar-refractivity contribution in [2.24, 2.45) is 0 Å². The quantitative estimate of drug-likeness (QED) is 0.505. The number of rotatable bonds is 4. The van der Waals surface area contributed by atoms with E-state index < -0.39 is 0 Å². The number of nitriles is 1. The summed E-state index contributed by atoms with van der Waals surface area (Å²) in [5, 5.41) is 21.4. The molecule has 2 aromatic heterocycles. The van der Waals surface area contributed by atoms with Crippen LogP contribution in [0.4, 0.5) is 11.6 Å². The van der Waals surface area contributed by atoms with E-state index in [-0.39, 0.29) is 0 Å². The molecule has 0 saturated heterocycles. The minimum Gasteiger partial charge on any atom is -0.323 e. The maximum Gasteiger partial charge on any atom is 0.162 e. The average molecular weight is 387 g/mol. The molecular weight excluding hydrogens is 372 g/mol. The first-order valence-electron chi connectivity index (χ1n) is 9.00. The van der Waals surface area contributed by atoms with Gasteiger partial charge < -0.3 is 5.32 Å². The Morgan fingerprint density at radius 2 is 2.00 bits per heavy atom. The zero-order valence-electron chi connectivity index (χ0n) is 14.8. The van der Waals surface area contributed by atoms with Crippen LogP contribution in [0.5, 0.6) is 0 Å². The van der Waals surface area contributed by atoms with Gasteiger partial charge in [0.1, 0.15) is 5.82 Å². The van der Waals surface area contributed by atoms with Crippen LogP contribution in [0.15, 0.2) is 48.5 Å². The molecule has 0 radical (unpaired) electrons. The highest BCUT2D eigenvalue weighted by atomic mass is 35.5. The van der Waals surface area contributed by atoms with Crippen molar-refractivity contribution in [1.82, 2.24) is 20.2 Å². The van der Waals surface area contributed by atoms with E-state index in [0.717, 1.165) is 22.2 Å². The van der Waals surface area contributed by atoms with Gasteiger partial charge in [-0.25, -0.2) is 9.97 Å². The zero-order chi connectivity index (χ0) is 19.1. The summed E-state index contributed by atoms with van der Waals surface area (Å²) in [5.74, 6) is 2.45. The number of H-pyrrole nitrogens is 1. The fraction of sp³-hybridized carbons (Fsp3) is 0.143.